The third-order valence-electron chi connectivity index (χ3n) is 3.38. The van der Waals surface area contributed by atoms with Crippen LogP contribution in [0.5, 0.6) is 0 Å². The Labute approximate surface area is 117 Å². The highest BCUT2D eigenvalue weighted by molar-refractivity contribution is 7.15. The van der Waals surface area contributed by atoms with Gasteiger partial charge in [0.1, 0.15) is 0 Å². The molecule has 2 aromatic heterocycles. The van der Waals surface area contributed by atoms with E-state index in [-0.39, 0.29) is 0 Å². The lowest BCUT2D eigenvalue weighted by atomic mass is 10.3. The molecule has 0 amide bonds. The number of nitrogens with zero attached hydrogens (tertiary/aromatic N) is 3. The summed E-state index contributed by atoms with van der Waals surface area (Å²) in [4.78, 5) is 8.10. The van der Waals surface area contributed by atoms with E-state index in [4.69, 9.17) is 4.74 Å². The number of fused-ring (bicyclic) bond motifs is 1. The molecule has 3 heterocycles. The Balaban J connectivity index is 1.33. The van der Waals surface area contributed by atoms with Gasteiger partial charge in [-0.15, -0.1) is 11.3 Å². The maximum absolute atomic E-state index is 5.34. The van der Waals surface area contributed by atoms with E-state index in [1.165, 1.54) is 6.42 Å². The number of ether oxygens (including phenoxy) is 1. The minimum Gasteiger partial charge on any atom is -0.379 e. The van der Waals surface area contributed by atoms with Crippen molar-refractivity contribution in [2.24, 2.45) is 0 Å². The normalized spacial score (nSPS) is 17.3. The van der Waals surface area contributed by atoms with Gasteiger partial charge in [0.05, 0.1) is 18.9 Å². The molecule has 0 bridgehead atoms. The smallest absolute Gasteiger partial charge is 0.193 e. The van der Waals surface area contributed by atoms with Gasteiger partial charge >= 0.3 is 0 Å². The van der Waals surface area contributed by atoms with Gasteiger partial charge in [-0.05, 0) is 19.5 Å². The van der Waals surface area contributed by atoms with Crippen LogP contribution in [-0.4, -0.2) is 53.7 Å². The van der Waals surface area contributed by atoms with Crippen LogP contribution >= 0.6 is 11.3 Å². The Morgan fingerprint density at radius 1 is 1.37 bits per heavy atom. The predicted octanol–water partition coefficient (Wildman–Crippen LogP) is 1.21. The minimum absolute atomic E-state index is 0.859. The van der Waals surface area contributed by atoms with Crippen molar-refractivity contribution >= 4 is 16.3 Å². The maximum atomic E-state index is 5.34. The number of nitrogens with one attached hydrogen (secondary N) is 1. The van der Waals surface area contributed by atoms with Crippen LogP contribution in [0, 0.1) is 0 Å². The molecule has 1 saturated heterocycles. The topological polar surface area (TPSA) is 41.8 Å². The number of rotatable bonds is 6. The molecule has 0 unspecified atom stereocenters. The molecule has 2 aromatic rings. The molecule has 104 valence electrons. The monoisotopic (exact) mass is 280 g/mol. The van der Waals surface area contributed by atoms with E-state index in [9.17, 15) is 0 Å². The van der Waals surface area contributed by atoms with Gasteiger partial charge in [-0.2, -0.15) is 0 Å². The second-order valence-electron chi connectivity index (χ2n) is 4.81. The van der Waals surface area contributed by atoms with Crippen molar-refractivity contribution in [1.82, 2.24) is 19.6 Å². The number of aromatic nitrogens is 2. The predicted molar refractivity (Wildman–Crippen MR) is 76.7 cm³/mol. The van der Waals surface area contributed by atoms with Crippen molar-refractivity contribution in [3.8, 4) is 0 Å². The molecule has 0 atom stereocenters. The van der Waals surface area contributed by atoms with E-state index in [0.717, 1.165) is 56.6 Å². The van der Waals surface area contributed by atoms with E-state index < -0.39 is 0 Å². The number of hydrogen-bond acceptors (Lipinski definition) is 5. The van der Waals surface area contributed by atoms with Gasteiger partial charge in [0, 0.05) is 37.4 Å². The zero-order valence-corrected chi connectivity index (χ0v) is 11.9. The summed E-state index contributed by atoms with van der Waals surface area (Å²) in [5.74, 6) is 0. The molecule has 3 rings (SSSR count). The van der Waals surface area contributed by atoms with Crippen molar-refractivity contribution in [2.45, 2.75) is 13.0 Å². The first kappa shape index (κ1) is 13.1. The molecule has 5 nitrogen and oxygen atoms in total. The van der Waals surface area contributed by atoms with E-state index in [1.807, 2.05) is 0 Å². The molecule has 0 radical (unpaired) electrons. The van der Waals surface area contributed by atoms with Crippen LogP contribution in [0.15, 0.2) is 17.8 Å². The fraction of sp³-hybridized carbons (Fsp3) is 0.615. The number of imidazole rings is 1. The lowest BCUT2D eigenvalue weighted by Crippen LogP contribution is -2.37. The maximum Gasteiger partial charge on any atom is 0.193 e. The lowest BCUT2D eigenvalue weighted by molar-refractivity contribution is 0.0374. The third kappa shape index (κ3) is 3.54. The van der Waals surface area contributed by atoms with Crippen molar-refractivity contribution in [3.05, 3.63) is 23.5 Å². The first-order valence-electron chi connectivity index (χ1n) is 6.84. The molecule has 19 heavy (non-hydrogen) atoms. The summed E-state index contributed by atoms with van der Waals surface area (Å²) in [7, 11) is 0. The number of hydrogen-bond donors (Lipinski definition) is 1. The summed E-state index contributed by atoms with van der Waals surface area (Å²) in [5.41, 5.74) is 1.12. The zero-order chi connectivity index (χ0) is 12.9. The highest BCUT2D eigenvalue weighted by atomic mass is 32.1. The molecule has 1 aliphatic rings. The quantitative estimate of drug-likeness (QED) is 0.808. The Morgan fingerprint density at radius 3 is 3.11 bits per heavy atom. The van der Waals surface area contributed by atoms with Gasteiger partial charge in [0.15, 0.2) is 4.96 Å². The minimum atomic E-state index is 0.859. The standard InChI is InChI=1S/C13H20N4OS/c1(3-16-4-7-18-8-5-16)2-14-10-12-11-17-6-9-19-13(17)15-12/h6,9,11,14H,1-5,7-8,10H2. The Morgan fingerprint density at radius 2 is 2.26 bits per heavy atom. The lowest BCUT2D eigenvalue weighted by Gasteiger charge is -2.26. The van der Waals surface area contributed by atoms with Gasteiger partial charge in [-0.3, -0.25) is 9.30 Å². The number of thiazole rings is 1. The molecule has 0 aliphatic carbocycles. The van der Waals surface area contributed by atoms with Crippen LogP contribution in [0.25, 0.3) is 4.96 Å². The van der Waals surface area contributed by atoms with Gasteiger partial charge in [-0.1, -0.05) is 0 Å². The third-order valence-corrected chi connectivity index (χ3v) is 4.15. The SMILES string of the molecule is c1cn2cc(CNCCCN3CCOCC3)nc2s1. The molecular weight excluding hydrogens is 260 g/mol. The fourth-order valence-corrected chi connectivity index (χ4v) is 3.05. The summed E-state index contributed by atoms with van der Waals surface area (Å²) in [6.07, 6.45) is 5.33. The summed E-state index contributed by atoms with van der Waals surface area (Å²) in [6, 6.07) is 0. The second kappa shape index (κ2) is 6.47. The van der Waals surface area contributed by atoms with Crippen LogP contribution in [0.3, 0.4) is 0 Å². The summed E-state index contributed by atoms with van der Waals surface area (Å²) < 4.78 is 7.42. The van der Waals surface area contributed by atoms with Crippen molar-refractivity contribution in [3.63, 3.8) is 0 Å². The van der Waals surface area contributed by atoms with Crippen LogP contribution in [0.4, 0.5) is 0 Å². The Hall–Kier alpha value is -0.950. The summed E-state index contributed by atoms with van der Waals surface area (Å²) in [6.45, 7) is 7.00. The first-order chi connectivity index (χ1) is 9.42. The molecule has 1 aliphatic heterocycles. The highest BCUT2D eigenvalue weighted by Gasteiger charge is 2.09. The van der Waals surface area contributed by atoms with Gasteiger partial charge < -0.3 is 10.1 Å². The Kier molecular flexibility index (Phi) is 4.45. The molecule has 1 fully saturated rings. The average Bonchev–Trinajstić information content (AvgIpc) is 3.00. The number of morpholine rings is 1. The fourth-order valence-electron chi connectivity index (χ4n) is 2.33. The average molecular weight is 280 g/mol. The van der Waals surface area contributed by atoms with Crippen LogP contribution in [-0.2, 0) is 11.3 Å². The second-order valence-corrected chi connectivity index (χ2v) is 5.68. The summed E-state index contributed by atoms with van der Waals surface area (Å²) >= 11 is 1.68. The van der Waals surface area contributed by atoms with Crippen molar-refractivity contribution in [1.29, 1.82) is 0 Å². The van der Waals surface area contributed by atoms with Crippen molar-refractivity contribution < 1.29 is 4.74 Å². The van der Waals surface area contributed by atoms with Gasteiger partial charge in [-0.25, -0.2) is 4.98 Å². The molecule has 0 saturated carbocycles. The Bertz CT molecular complexity index is 475. The largest absolute Gasteiger partial charge is 0.379 e. The zero-order valence-electron chi connectivity index (χ0n) is 11.0. The molecule has 0 spiro atoms. The van der Waals surface area contributed by atoms with E-state index in [1.54, 1.807) is 11.3 Å². The van der Waals surface area contributed by atoms with Crippen LogP contribution < -0.4 is 5.32 Å². The van der Waals surface area contributed by atoms with Crippen molar-refractivity contribution in [2.75, 3.05) is 39.4 Å². The van der Waals surface area contributed by atoms with Gasteiger partial charge in [0.25, 0.3) is 0 Å². The molecular formula is C13H20N4OS. The molecule has 1 N–H and O–H groups in total. The van der Waals surface area contributed by atoms with Gasteiger partial charge in [0.2, 0.25) is 0 Å². The molecule has 6 heteroatoms. The van der Waals surface area contributed by atoms with E-state index in [0.29, 0.717) is 0 Å². The first-order valence-corrected chi connectivity index (χ1v) is 7.72. The van der Waals surface area contributed by atoms with Crippen LogP contribution in [0.1, 0.15) is 12.1 Å². The summed E-state index contributed by atoms with van der Waals surface area (Å²) in [5, 5.41) is 5.52. The van der Waals surface area contributed by atoms with E-state index >= 15 is 0 Å². The van der Waals surface area contributed by atoms with Crippen LogP contribution in [0.2, 0.25) is 0 Å². The van der Waals surface area contributed by atoms with E-state index in [2.05, 4.69) is 37.4 Å². The highest BCUT2D eigenvalue weighted by Crippen LogP contribution is 2.10. The molecule has 0 aromatic carbocycles.